The minimum absolute atomic E-state index is 0.0383. The van der Waals surface area contributed by atoms with Crippen molar-refractivity contribution in [3.05, 3.63) is 165 Å². The number of aliphatic hydroxyl groups excluding tert-OH is 1. The number of hydrogen-bond acceptors (Lipinski definition) is 7. The van der Waals surface area contributed by atoms with Gasteiger partial charge in [0.15, 0.2) is 11.6 Å². The van der Waals surface area contributed by atoms with Crippen molar-refractivity contribution in [2.45, 2.75) is 31.0 Å². The van der Waals surface area contributed by atoms with E-state index in [-0.39, 0.29) is 25.5 Å². The molecule has 0 aliphatic carbocycles. The number of aliphatic hydroxyl groups is 1. The number of nitrogens with one attached hydrogen (secondary N) is 2. The molecule has 1 heterocycles. The van der Waals surface area contributed by atoms with E-state index in [9.17, 15) is 10.3 Å². The van der Waals surface area contributed by atoms with Crippen LogP contribution in [0.5, 0.6) is 5.75 Å². The maximum atomic E-state index is 14.6. The lowest BCUT2D eigenvalue weighted by atomic mass is 9.81. The van der Waals surface area contributed by atoms with E-state index in [1.54, 1.807) is 30.3 Å². The summed E-state index contributed by atoms with van der Waals surface area (Å²) < 4.78 is 12.4. The Bertz CT molecular complexity index is 2000. The van der Waals surface area contributed by atoms with Crippen LogP contribution in [0.2, 0.25) is 5.02 Å². The number of amides is 1. The van der Waals surface area contributed by atoms with Crippen LogP contribution < -0.4 is 15.6 Å². The molecule has 0 fully saturated rings. The third-order valence-corrected chi connectivity index (χ3v) is 8.76. The molecular formula is C39H35ClN6O4. The van der Waals surface area contributed by atoms with E-state index in [0.29, 0.717) is 40.6 Å². The lowest BCUT2D eigenvalue weighted by Gasteiger charge is -2.31. The molecule has 5 aromatic carbocycles. The Balaban J connectivity index is 1.42. The van der Waals surface area contributed by atoms with Gasteiger partial charge in [0, 0.05) is 47.2 Å². The SMILES string of the molecule is [N-]=[N+]=Nc1ccccc1C[C@]1(C(=O)NNCc2ccccc2Cl)N=C(c2ccc(OCCCO)cc2)O[C@H]1c1ccc(-c2ccccc2)cc1. The summed E-state index contributed by atoms with van der Waals surface area (Å²) in [7, 11) is 0. The van der Waals surface area contributed by atoms with E-state index < -0.39 is 17.6 Å². The second-order valence-electron chi connectivity index (χ2n) is 11.7. The van der Waals surface area contributed by atoms with E-state index in [4.69, 9.17) is 31.2 Å². The number of ether oxygens (including phenoxy) is 2. The maximum absolute atomic E-state index is 14.6. The highest BCUT2D eigenvalue weighted by Crippen LogP contribution is 2.44. The Hall–Kier alpha value is -5.64. The first-order valence-corrected chi connectivity index (χ1v) is 16.5. The molecule has 0 spiro atoms. The normalized spacial score (nSPS) is 16.5. The van der Waals surface area contributed by atoms with Gasteiger partial charge >= 0.3 is 0 Å². The number of carbonyl (C=O) groups excluding carboxylic acids is 1. The molecule has 3 N–H and O–H groups in total. The van der Waals surface area contributed by atoms with Crippen molar-refractivity contribution in [2.75, 3.05) is 13.2 Å². The van der Waals surface area contributed by atoms with Crippen molar-refractivity contribution >= 4 is 29.1 Å². The lowest BCUT2D eigenvalue weighted by molar-refractivity contribution is -0.130. The molecule has 50 heavy (non-hydrogen) atoms. The third kappa shape index (κ3) is 7.80. The number of carbonyl (C=O) groups is 1. The summed E-state index contributed by atoms with van der Waals surface area (Å²) in [6, 6.07) is 39.6. The van der Waals surface area contributed by atoms with Gasteiger partial charge in [-0.05, 0) is 63.7 Å². The number of benzene rings is 5. The molecule has 6 rings (SSSR count). The van der Waals surface area contributed by atoms with Crippen molar-refractivity contribution in [1.29, 1.82) is 0 Å². The molecule has 0 aromatic heterocycles. The number of aliphatic imine (C=N–C) groups is 1. The van der Waals surface area contributed by atoms with Crippen LogP contribution in [0.3, 0.4) is 0 Å². The van der Waals surface area contributed by atoms with Crippen molar-refractivity contribution in [2.24, 2.45) is 10.1 Å². The van der Waals surface area contributed by atoms with Crippen LogP contribution in [0.15, 0.2) is 138 Å². The van der Waals surface area contributed by atoms with E-state index in [0.717, 1.165) is 22.3 Å². The summed E-state index contributed by atoms with van der Waals surface area (Å²) in [5.41, 5.74) is 19.0. The van der Waals surface area contributed by atoms with Gasteiger partial charge in [-0.25, -0.2) is 10.4 Å². The predicted molar refractivity (Wildman–Crippen MR) is 194 cm³/mol. The van der Waals surface area contributed by atoms with Gasteiger partial charge in [-0.15, -0.1) is 0 Å². The van der Waals surface area contributed by atoms with Crippen LogP contribution in [0.4, 0.5) is 5.69 Å². The van der Waals surface area contributed by atoms with Crippen molar-refractivity contribution in [3.8, 4) is 16.9 Å². The van der Waals surface area contributed by atoms with Crippen molar-refractivity contribution < 1.29 is 19.4 Å². The molecule has 1 amide bonds. The second kappa shape index (κ2) is 16.2. The zero-order chi connectivity index (χ0) is 34.8. The summed E-state index contributed by atoms with van der Waals surface area (Å²) in [5, 5.41) is 13.6. The number of azide groups is 1. The van der Waals surface area contributed by atoms with Crippen molar-refractivity contribution in [1.82, 2.24) is 10.9 Å². The third-order valence-electron chi connectivity index (χ3n) is 8.39. The quantitative estimate of drug-likeness (QED) is 0.0357. The molecule has 11 heteroatoms. The van der Waals surface area contributed by atoms with E-state index in [1.807, 2.05) is 97.1 Å². The summed E-state index contributed by atoms with van der Waals surface area (Å²) in [6.07, 6.45) is -0.301. The van der Waals surface area contributed by atoms with Gasteiger partial charge in [0.25, 0.3) is 5.91 Å². The molecule has 2 atom stereocenters. The maximum Gasteiger partial charge on any atom is 0.266 e. The van der Waals surface area contributed by atoms with Gasteiger partial charge in [-0.2, -0.15) is 0 Å². The van der Waals surface area contributed by atoms with Gasteiger partial charge in [-0.1, -0.05) is 114 Å². The van der Waals surface area contributed by atoms with Gasteiger partial charge < -0.3 is 14.6 Å². The average Bonchev–Trinajstić information content (AvgIpc) is 3.54. The molecule has 252 valence electrons. The van der Waals surface area contributed by atoms with Gasteiger partial charge in [0.1, 0.15) is 5.75 Å². The van der Waals surface area contributed by atoms with Crippen LogP contribution >= 0.6 is 11.6 Å². The number of rotatable bonds is 14. The number of halogens is 1. The van der Waals surface area contributed by atoms with Gasteiger partial charge in [-0.3, -0.25) is 10.2 Å². The molecule has 0 saturated heterocycles. The first-order chi connectivity index (χ1) is 24.5. The molecule has 0 saturated carbocycles. The van der Waals surface area contributed by atoms with Crippen LogP contribution in [0.1, 0.15) is 34.8 Å². The summed E-state index contributed by atoms with van der Waals surface area (Å²) in [4.78, 5) is 22.7. The van der Waals surface area contributed by atoms with Gasteiger partial charge in [0.2, 0.25) is 5.90 Å². The zero-order valence-electron chi connectivity index (χ0n) is 27.1. The first kappa shape index (κ1) is 34.2. The molecule has 1 aliphatic heterocycles. The summed E-state index contributed by atoms with van der Waals surface area (Å²) in [6.45, 7) is 0.683. The molecular weight excluding hydrogens is 652 g/mol. The highest BCUT2D eigenvalue weighted by atomic mass is 35.5. The minimum Gasteiger partial charge on any atom is -0.494 e. The van der Waals surface area contributed by atoms with Gasteiger partial charge in [0.05, 0.1) is 6.61 Å². The Morgan fingerprint density at radius 1 is 0.880 bits per heavy atom. The Morgan fingerprint density at radius 3 is 2.26 bits per heavy atom. The Kier molecular flexibility index (Phi) is 11.1. The topological polar surface area (TPSA) is 141 Å². The summed E-state index contributed by atoms with van der Waals surface area (Å²) >= 11 is 6.39. The van der Waals surface area contributed by atoms with Crippen LogP contribution in [0, 0.1) is 0 Å². The minimum atomic E-state index is -1.55. The number of hydrogen-bond donors (Lipinski definition) is 3. The first-order valence-electron chi connectivity index (χ1n) is 16.2. The number of nitrogens with zero attached hydrogens (tertiary/aromatic N) is 4. The zero-order valence-corrected chi connectivity index (χ0v) is 27.8. The van der Waals surface area contributed by atoms with Crippen molar-refractivity contribution in [3.63, 3.8) is 0 Å². The molecule has 0 unspecified atom stereocenters. The van der Waals surface area contributed by atoms with Crippen LogP contribution in [0.25, 0.3) is 21.6 Å². The number of hydrazine groups is 1. The molecule has 5 aromatic rings. The van der Waals surface area contributed by atoms with E-state index in [2.05, 4.69) is 20.9 Å². The van der Waals surface area contributed by atoms with Crippen LogP contribution in [-0.4, -0.2) is 35.7 Å². The lowest BCUT2D eigenvalue weighted by Crippen LogP contribution is -2.53. The van der Waals surface area contributed by atoms with E-state index in [1.165, 1.54) is 0 Å². The second-order valence-corrected chi connectivity index (χ2v) is 12.1. The fraction of sp³-hybridized carbons (Fsp3) is 0.179. The Labute approximate surface area is 295 Å². The monoisotopic (exact) mass is 686 g/mol. The largest absolute Gasteiger partial charge is 0.494 e. The fourth-order valence-electron chi connectivity index (χ4n) is 5.83. The smallest absolute Gasteiger partial charge is 0.266 e. The molecule has 0 radical (unpaired) electrons. The highest BCUT2D eigenvalue weighted by molar-refractivity contribution is 6.31. The molecule has 10 nitrogen and oxygen atoms in total. The van der Waals surface area contributed by atoms with Crippen LogP contribution in [-0.2, 0) is 22.5 Å². The standard InChI is InChI=1S/C39H35ClN6O4/c40-34-13-6-4-12-32(34)26-42-45-38(48)39(25-31-11-5-7-14-35(31)44-46-41)36(29-17-15-28(16-18-29)27-9-2-1-3-10-27)50-37(43-39)30-19-21-33(22-20-30)49-24-8-23-47/h1-7,9-22,36,42,47H,8,23-26H2,(H,45,48)/t36-,39-/m0/s1. The average molecular weight is 687 g/mol. The predicted octanol–water partition coefficient (Wildman–Crippen LogP) is 8.03. The summed E-state index contributed by atoms with van der Waals surface area (Å²) in [5.74, 6) is 0.452. The Morgan fingerprint density at radius 2 is 1.54 bits per heavy atom. The fourth-order valence-corrected chi connectivity index (χ4v) is 6.03. The molecule has 1 aliphatic rings. The highest BCUT2D eigenvalue weighted by Gasteiger charge is 2.53. The molecule has 0 bridgehead atoms. The van der Waals surface area contributed by atoms with E-state index >= 15 is 0 Å².